The maximum absolute atomic E-state index is 10.9. The third-order valence-corrected chi connectivity index (χ3v) is 8.77. The Balaban J connectivity index is 1.51. The van der Waals surface area contributed by atoms with E-state index in [9.17, 15) is 15.3 Å². The van der Waals surface area contributed by atoms with Crippen LogP contribution >= 0.6 is 11.3 Å². The van der Waals surface area contributed by atoms with Crippen molar-refractivity contribution in [2.45, 2.75) is 70.8 Å². The molecule has 5 rings (SSSR count). The van der Waals surface area contributed by atoms with E-state index in [2.05, 4.69) is 15.6 Å². The van der Waals surface area contributed by atoms with Gasteiger partial charge >= 0.3 is 0 Å². The number of methoxy groups -OCH3 is 1. The normalized spacial score (nSPS) is 25.0. The lowest BCUT2D eigenvalue weighted by atomic mass is 9.88. The lowest BCUT2D eigenvalue weighted by Gasteiger charge is -2.28. The molecule has 3 aromatic heterocycles. The second kappa shape index (κ2) is 9.70. The van der Waals surface area contributed by atoms with Gasteiger partial charge in [0.2, 0.25) is 5.95 Å². The second-order valence-corrected chi connectivity index (χ2v) is 12.2. The summed E-state index contributed by atoms with van der Waals surface area (Å²) >= 11 is 1.54. The van der Waals surface area contributed by atoms with Crippen molar-refractivity contribution in [3.8, 4) is 10.6 Å². The minimum Gasteiger partial charge on any atom is -0.390 e. The predicted molar refractivity (Wildman–Crippen MR) is 144 cm³/mol. The molecule has 2 aliphatic rings. The molecule has 0 spiro atoms. The first kappa shape index (κ1) is 26.2. The van der Waals surface area contributed by atoms with Crippen LogP contribution in [-0.4, -0.2) is 79.4 Å². The van der Waals surface area contributed by atoms with Crippen LogP contribution in [0.25, 0.3) is 20.8 Å². The average Bonchev–Trinajstić information content (AvgIpc) is 3.35. The fourth-order valence-electron chi connectivity index (χ4n) is 5.28. The molecule has 4 atom stereocenters. The van der Waals surface area contributed by atoms with Crippen LogP contribution in [0.1, 0.15) is 44.5 Å². The lowest BCUT2D eigenvalue weighted by Crippen LogP contribution is -2.40. The van der Waals surface area contributed by atoms with Gasteiger partial charge in [-0.3, -0.25) is 4.98 Å². The number of aromatic nitrogens is 4. The summed E-state index contributed by atoms with van der Waals surface area (Å²) in [4.78, 5) is 18.8. The van der Waals surface area contributed by atoms with Gasteiger partial charge in [-0.05, 0) is 53.0 Å². The van der Waals surface area contributed by atoms with E-state index in [0.29, 0.717) is 31.3 Å². The first-order valence-electron chi connectivity index (χ1n) is 12.7. The Hall–Kier alpha value is -2.44. The van der Waals surface area contributed by atoms with E-state index in [-0.39, 0.29) is 5.41 Å². The molecule has 0 bridgehead atoms. The van der Waals surface area contributed by atoms with Crippen molar-refractivity contribution < 1.29 is 20.1 Å². The quantitative estimate of drug-likeness (QED) is 0.281. The molecule has 0 radical (unpaired) electrons. The van der Waals surface area contributed by atoms with Crippen molar-refractivity contribution in [2.24, 2.45) is 11.3 Å². The highest BCUT2D eigenvalue weighted by Crippen LogP contribution is 2.46. The Kier molecular flexibility index (Phi) is 6.86. The number of rotatable bonds is 9. The zero-order valence-electron chi connectivity index (χ0n) is 21.9. The largest absolute Gasteiger partial charge is 0.390 e. The van der Waals surface area contributed by atoms with Crippen molar-refractivity contribution in [3.05, 3.63) is 23.7 Å². The number of pyridine rings is 1. The molecular weight excluding hydrogens is 492 g/mol. The Morgan fingerprint density at radius 3 is 2.51 bits per heavy atom. The first-order valence-corrected chi connectivity index (χ1v) is 13.5. The molecule has 3 aromatic rings. The molecule has 0 saturated heterocycles. The molecule has 0 aliphatic heterocycles. The van der Waals surface area contributed by atoms with Gasteiger partial charge in [0.1, 0.15) is 22.4 Å². The summed E-state index contributed by atoms with van der Waals surface area (Å²) in [6.07, 6.45) is 2.24. The smallest absolute Gasteiger partial charge is 0.224 e. The Morgan fingerprint density at radius 2 is 1.89 bits per heavy atom. The number of aryl methyl sites for hydroxylation is 2. The second-order valence-electron chi connectivity index (χ2n) is 11.1. The summed E-state index contributed by atoms with van der Waals surface area (Å²) in [7, 11) is 1.72. The van der Waals surface area contributed by atoms with Gasteiger partial charge < -0.3 is 30.7 Å². The summed E-state index contributed by atoms with van der Waals surface area (Å²) in [6, 6.07) is 1.44. The average molecular weight is 529 g/mol. The van der Waals surface area contributed by atoms with Crippen LogP contribution in [0.4, 0.5) is 11.8 Å². The summed E-state index contributed by atoms with van der Waals surface area (Å²) in [5.74, 6) is 0.532. The molecular formula is C26H36N6O4S. The fourth-order valence-corrected chi connectivity index (χ4v) is 6.39. The highest BCUT2D eigenvalue weighted by atomic mass is 32.1. The molecule has 3 heterocycles. The van der Waals surface area contributed by atoms with Crippen molar-refractivity contribution >= 4 is 33.3 Å². The minimum atomic E-state index is -1.13. The van der Waals surface area contributed by atoms with E-state index in [1.807, 2.05) is 19.9 Å². The van der Waals surface area contributed by atoms with Gasteiger partial charge in [0.05, 0.1) is 46.0 Å². The molecule has 2 aliphatic carbocycles. The number of fused-ring (bicyclic) bond motifs is 1. The van der Waals surface area contributed by atoms with Crippen LogP contribution in [0, 0.1) is 25.2 Å². The monoisotopic (exact) mass is 528 g/mol. The SMILES string of the molecule is COCC1(CNc2nc(C)c(-c3nc4c(C)nccc4s3)c(N[C@@H]3C[C@H](C(C)(C)O)[C@@H](O)[C@H]3O)n2)CC1. The van der Waals surface area contributed by atoms with Crippen LogP contribution in [-0.2, 0) is 4.74 Å². The van der Waals surface area contributed by atoms with E-state index in [1.165, 1.54) is 11.3 Å². The molecule has 0 aromatic carbocycles. The van der Waals surface area contributed by atoms with Crippen LogP contribution < -0.4 is 10.6 Å². The number of aliphatic hydroxyl groups excluding tert-OH is 2. The highest BCUT2D eigenvalue weighted by Gasteiger charge is 2.48. The number of nitrogens with zero attached hydrogens (tertiary/aromatic N) is 4. The lowest BCUT2D eigenvalue weighted by molar-refractivity contribution is -0.0601. The van der Waals surface area contributed by atoms with Gasteiger partial charge in [-0.15, -0.1) is 11.3 Å². The molecule has 0 amide bonds. The van der Waals surface area contributed by atoms with Gasteiger partial charge in [0.25, 0.3) is 0 Å². The molecule has 11 heteroatoms. The van der Waals surface area contributed by atoms with Crippen molar-refractivity contribution in [1.82, 2.24) is 19.9 Å². The topological polar surface area (TPSA) is 146 Å². The Labute approximate surface area is 220 Å². The summed E-state index contributed by atoms with van der Waals surface area (Å²) in [6.45, 7) is 8.56. The molecule has 5 N–H and O–H groups in total. The molecule has 37 heavy (non-hydrogen) atoms. The molecule has 0 unspecified atom stereocenters. The molecule has 2 saturated carbocycles. The highest BCUT2D eigenvalue weighted by molar-refractivity contribution is 7.21. The minimum absolute atomic E-state index is 0.113. The van der Waals surface area contributed by atoms with Crippen LogP contribution in [0.2, 0.25) is 0 Å². The predicted octanol–water partition coefficient (Wildman–Crippen LogP) is 2.90. The first-order chi connectivity index (χ1) is 17.5. The third-order valence-electron chi connectivity index (χ3n) is 7.73. The van der Waals surface area contributed by atoms with E-state index >= 15 is 0 Å². The van der Waals surface area contributed by atoms with Crippen LogP contribution in [0.15, 0.2) is 12.3 Å². The number of anilines is 2. The van der Waals surface area contributed by atoms with E-state index in [4.69, 9.17) is 19.7 Å². The maximum atomic E-state index is 10.9. The third kappa shape index (κ3) is 5.15. The fraction of sp³-hybridized carbons (Fsp3) is 0.615. The maximum Gasteiger partial charge on any atom is 0.224 e. The van der Waals surface area contributed by atoms with Gasteiger partial charge in [-0.25, -0.2) is 9.97 Å². The summed E-state index contributed by atoms with van der Waals surface area (Å²) in [5, 5.41) is 39.6. The van der Waals surface area contributed by atoms with Crippen LogP contribution in [0.3, 0.4) is 0 Å². The standard InChI is InChI=1S/C26H36N6O4S/c1-13-18(23-31-19-14(2)27-9-6-17(19)37-23)22(30-16-10-15(25(3,4)35)20(33)21(16)34)32-24(29-13)28-11-26(7-8-26)12-36-5/h6,9,15-16,20-21,33-35H,7-8,10-12H2,1-5H3,(H2,28,29,30,32)/t15-,16+,20+,21-/m0/s1. The van der Waals surface area contributed by atoms with E-state index in [0.717, 1.165) is 45.0 Å². The van der Waals surface area contributed by atoms with E-state index < -0.39 is 29.8 Å². The van der Waals surface area contributed by atoms with Crippen molar-refractivity contribution in [3.63, 3.8) is 0 Å². The number of hydrogen-bond donors (Lipinski definition) is 5. The zero-order chi connectivity index (χ0) is 26.5. The van der Waals surface area contributed by atoms with E-state index in [1.54, 1.807) is 27.2 Å². The van der Waals surface area contributed by atoms with Crippen LogP contribution in [0.5, 0.6) is 0 Å². The number of nitrogens with one attached hydrogen (secondary N) is 2. The zero-order valence-corrected chi connectivity index (χ0v) is 22.8. The number of aliphatic hydroxyl groups is 3. The van der Waals surface area contributed by atoms with Gasteiger partial charge in [0.15, 0.2) is 0 Å². The van der Waals surface area contributed by atoms with Crippen molar-refractivity contribution in [2.75, 3.05) is 30.9 Å². The van der Waals surface area contributed by atoms with Gasteiger partial charge in [-0.2, -0.15) is 4.98 Å². The van der Waals surface area contributed by atoms with Gasteiger partial charge in [0, 0.05) is 31.2 Å². The molecule has 200 valence electrons. The Morgan fingerprint density at radius 1 is 1.14 bits per heavy atom. The van der Waals surface area contributed by atoms with Crippen molar-refractivity contribution in [1.29, 1.82) is 0 Å². The molecule has 10 nitrogen and oxygen atoms in total. The number of hydrogen-bond acceptors (Lipinski definition) is 11. The summed E-state index contributed by atoms with van der Waals surface area (Å²) in [5.41, 5.74) is 2.16. The summed E-state index contributed by atoms with van der Waals surface area (Å²) < 4.78 is 6.41. The molecule has 2 fully saturated rings. The van der Waals surface area contributed by atoms with Gasteiger partial charge in [-0.1, -0.05) is 0 Å². The number of thiazole rings is 1. The number of ether oxygens (including phenoxy) is 1. The Bertz CT molecular complexity index is 1290.